The minimum Gasteiger partial charge on any atom is -0.480 e. The molecule has 0 saturated carbocycles. The Bertz CT molecular complexity index is 1180. The van der Waals surface area contributed by atoms with Gasteiger partial charge in [0.2, 0.25) is 0 Å². The molecule has 3 aromatic rings. The molecule has 0 N–H and O–H groups in total. The Hall–Kier alpha value is -3.75. The number of carbonyl (C=O) groups excluding carboxylic acids is 1. The summed E-state index contributed by atoms with van der Waals surface area (Å²) in [7, 11) is 0. The molecule has 3 aromatic carbocycles. The third-order valence-electron chi connectivity index (χ3n) is 4.83. The van der Waals surface area contributed by atoms with Gasteiger partial charge in [-0.1, -0.05) is 84.8 Å². The molecule has 4 rings (SSSR count). The summed E-state index contributed by atoms with van der Waals surface area (Å²) in [4.78, 5) is 20.5. The molecule has 1 heterocycles. The van der Waals surface area contributed by atoms with Crippen molar-refractivity contribution in [2.75, 3.05) is 6.61 Å². The topological polar surface area (TPSA) is 41.9 Å². The number of nitrogens with zero attached hydrogens (tertiary/aromatic N) is 2. The lowest BCUT2D eigenvalue weighted by Crippen LogP contribution is -2.28. The van der Waals surface area contributed by atoms with Crippen molar-refractivity contribution in [3.63, 3.8) is 0 Å². The van der Waals surface area contributed by atoms with Crippen molar-refractivity contribution >= 4 is 28.9 Å². The third-order valence-corrected chi connectivity index (χ3v) is 5.87. The third kappa shape index (κ3) is 5.29. The van der Waals surface area contributed by atoms with Crippen LogP contribution in [0.1, 0.15) is 16.7 Å². The molecule has 1 fully saturated rings. The van der Waals surface area contributed by atoms with Crippen molar-refractivity contribution in [1.82, 2.24) is 4.90 Å². The van der Waals surface area contributed by atoms with Gasteiger partial charge in [0.1, 0.15) is 12.4 Å². The van der Waals surface area contributed by atoms with E-state index in [0.29, 0.717) is 28.9 Å². The Labute approximate surface area is 192 Å². The predicted molar refractivity (Wildman–Crippen MR) is 131 cm³/mol. The first-order valence-electron chi connectivity index (χ1n) is 10.2. The highest BCUT2D eigenvalue weighted by Crippen LogP contribution is 2.35. The Kier molecular flexibility index (Phi) is 7.06. The maximum atomic E-state index is 13.3. The van der Waals surface area contributed by atoms with Gasteiger partial charge in [0, 0.05) is 5.56 Å². The van der Waals surface area contributed by atoms with Crippen LogP contribution in [0.4, 0.5) is 0 Å². The second-order valence-corrected chi connectivity index (χ2v) is 8.11. The minimum atomic E-state index is -0.0718. The van der Waals surface area contributed by atoms with E-state index in [1.807, 2.05) is 91.0 Å². The van der Waals surface area contributed by atoms with Crippen molar-refractivity contribution in [3.05, 3.63) is 107 Å². The summed E-state index contributed by atoms with van der Waals surface area (Å²) in [5, 5.41) is 0.691. The molecule has 0 aromatic heterocycles. The van der Waals surface area contributed by atoms with E-state index in [4.69, 9.17) is 16.2 Å². The van der Waals surface area contributed by atoms with E-state index in [2.05, 4.69) is 5.92 Å². The Morgan fingerprint density at radius 2 is 1.59 bits per heavy atom. The smallest absolute Gasteiger partial charge is 0.267 e. The largest absolute Gasteiger partial charge is 0.480 e. The number of ether oxygens (including phenoxy) is 1. The van der Waals surface area contributed by atoms with Crippen molar-refractivity contribution in [1.29, 1.82) is 0 Å². The normalized spacial score (nSPS) is 15.8. The molecule has 0 bridgehead atoms. The first-order valence-corrected chi connectivity index (χ1v) is 11.1. The fourth-order valence-electron chi connectivity index (χ4n) is 3.27. The van der Waals surface area contributed by atoms with Crippen molar-refractivity contribution < 1.29 is 9.53 Å². The predicted octanol–water partition coefficient (Wildman–Crippen LogP) is 5.37. The molecule has 158 valence electrons. The molecule has 32 heavy (non-hydrogen) atoms. The molecule has 1 amide bonds. The average Bonchev–Trinajstić information content (AvgIpc) is 3.12. The molecule has 4 nitrogen and oxygen atoms in total. The number of hydrogen-bond acceptors (Lipinski definition) is 4. The number of thioether (sulfide) groups is 1. The maximum Gasteiger partial charge on any atom is 0.267 e. The van der Waals surface area contributed by atoms with Gasteiger partial charge in [-0.05, 0) is 35.0 Å². The number of rotatable bonds is 7. The molecule has 1 saturated heterocycles. The molecule has 0 atom stereocenters. The zero-order valence-corrected chi connectivity index (χ0v) is 18.3. The van der Waals surface area contributed by atoms with Gasteiger partial charge in [0.05, 0.1) is 18.0 Å². The van der Waals surface area contributed by atoms with Crippen LogP contribution in [0.15, 0.2) is 94.8 Å². The fourth-order valence-corrected chi connectivity index (χ4v) is 4.23. The molecule has 5 heteroatoms. The van der Waals surface area contributed by atoms with Crippen LogP contribution in [0.5, 0.6) is 5.75 Å². The van der Waals surface area contributed by atoms with Crippen LogP contribution in [0, 0.1) is 12.3 Å². The number of terminal acetylenes is 1. The zero-order valence-electron chi connectivity index (χ0n) is 17.5. The molecular formula is C27H22N2O2S. The van der Waals surface area contributed by atoms with Crippen LogP contribution in [0.2, 0.25) is 0 Å². The van der Waals surface area contributed by atoms with Gasteiger partial charge in [0.15, 0.2) is 5.17 Å². The summed E-state index contributed by atoms with van der Waals surface area (Å²) in [5.41, 5.74) is 2.95. The number of carbonyl (C=O) groups is 1. The lowest BCUT2D eigenvalue weighted by Gasteiger charge is -2.15. The summed E-state index contributed by atoms with van der Waals surface area (Å²) in [6.07, 6.45) is 7.18. The maximum absolute atomic E-state index is 13.3. The first kappa shape index (κ1) is 21.5. The molecule has 0 unspecified atom stereocenters. The van der Waals surface area contributed by atoms with E-state index in [1.165, 1.54) is 11.8 Å². The van der Waals surface area contributed by atoms with E-state index in [-0.39, 0.29) is 12.5 Å². The van der Waals surface area contributed by atoms with E-state index in [0.717, 1.165) is 16.7 Å². The minimum absolute atomic E-state index is 0.0718. The average molecular weight is 439 g/mol. The Morgan fingerprint density at radius 3 is 2.31 bits per heavy atom. The van der Waals surface area contributed by atoms with E-state index in [1.54, 1.807) is 4.90 Å². The number of amidine groups is 1. The summed E-state index contributed by atoms with van der Waals surface area (Å²) in [6, 6.07) is 27.5. The lowest BCUT2D eigenvalue weighted by molar-refractivity contribution is -0.122. The van der Waals surface area contributed by atoms with Gasteiger partial charge < -0.3 is 4.74 Å². The van der Waals surface area contributed by atoms with Gasteiger partial charge >= 0.3 is 0 Å². The summed E-state index contributed by atoms with van der Waals surface area (Å²) in [6.45, 7) is 1.15. The first-order chi connectivity index (χ1) is 15.7. The SMILES string of the molecule is C#CCOc1ccccc1/C=C1/SC(=NCc2ccccc2)N(Cc2ccccc2)C1=O. The Balaban J connectivity index is 1.64. The van der Waals surface area contributed by atoms with E-state index in [9.17, 15) is 4.79 Å². The highest BCUT2D eigenvalue weighted by molar-refractivity contribution is 8.18. The van der Waals surface area contributed by atoms with Gasteiger partial charge in [-0.3, -0.25) is 14.7 Å². The quantitative estimate of drug-likeness (QED) is 0.368. The summed E-state index contributed by atoms with van der Waals surface area (Å²) >= 11 is 1.38. The van der Waals surface area contributed by atoms with Crippen LogP contribution in [-0.2, 0) is 17.9 Å². The molecule has 0 spiro atoms. The van der Waals surface area contributed by atoms with Gasteiger partial charge in [-0.15, -0.1) is 6.42 Å². The summed E-state index contributed by atoms with van der Waals surface area (Å²) in [5.74, 6) is 3.05. The monoisotopic (exact) mass is 438 g/mol. The van der Waals surface area contributed by atoms with Crippen LogP contribution in [0.3, 0.4) is 0 Å². The van der Waals surface area contributed by atoms with Gasteiger partial charge in [-0.25, -0.2) is 0 Å². The molecule has 0 aliphatic carbocycles. The molecular weight excluding hydrogens is 416 g/mol. The van der Waals surface area contributed by atoms with Crippen LogP contribution in [0.25, 0.3) is 6.08 Å². The fraction of sp³-hybridized carbons (Fsp3) is 0.111. The molecule has 0 radical (unpaired) electrons. The lowest BCUT2D eigenvalue weighted by atomic mass is 10.1. The van der Waals surface area contributed by atoms with E-state index >= 15 is 0 Å². The highest BCUT2D eigenvalue weighted by atomic mass is 32.2. The van der Waals surface area contributed by atoms with Crippen LogP contribution < -0.4 is 4.74 Å². The standard InChI is InChI=1S/C27H22N2O2S/c1-2-17-31-24-16-10-9-15-23(24)18-25-26(30)29(20-22-13-7-4-8-14-22)27(32-25)28-19-21-11-5-3-6-12-21/h1,3-16,18H,17,19-20H2/b25-18+,28-27?. The number of benzene rings is 3. The van der Waals surface area contributed by atoms with Gasteiger partial charge in [0.25, 0.3) is 5.91 Å². The van der Waals surface area contributed by atoms with Crippen LogP contribution in [-0.4, -0.2) is 22.6 Å². The van der Waals surface area contributed by atoms with E-state index < -0.39 is 0 Å². The Morgan fingerprint density at radius 1 is 0.938 bits per heavy atom. The van der Waals surface area contributed by atoms with Crippen molar-refractivity contribution in [2.24, 2.45) is 4.99 Å². The summed E-state index contributed by atoms with van der Waals surface area (Å²) < 4.78 is 5.64. The molecule has 1 aliphatic rings. The highest BCUT2D eigenvalue weighted by Gasteiger charge is 2.33. The number of amides is 1. The van der Waals surface area contributed by atoms with Gasteiger partial charge in [-0.2, -0.15) is 0 Å². The van der Waals surface area contributed by atoms with Crippen molar-refractivity contribution in [2.45, 2.75) is 13.1 Å². The number of aliphatic imine (C=N–C) groups is 1. The molecule has 1 aliphatic heterocycles. The van der Waals surface area contributed by atoms with Crippen molar-refractivity contribution in [3.8, 4) is 18.1 Å². The number of hydrogen-bond donors (Lipinski definition) is 0. The van der Waals surface area contributed by atoms with Crippen LogP contribution >= 0.6 is 11.8 Å². The second-order valence-electron chi connectivity index (χ2n) is 7.10. The zero-order chi connectivity index (χ0) is 22.2. The second kappa shape index (κ2) is 10.5. The number of para-hydroxylation sites is 1.